The Labute approximate surface area is 147 Å². The van der Waals surface area contributed by atoms with Crippen LogP contribution in [0, 0.1) is 0 Å². The third-order valence-corrected chi connectivity index (χ3v) is 2.92. The molecular weight excluding hydrogens is 324 g/mol. The normalized spacial score (nSPS) is 10.7. The zero-order valence-corrected chi connectivity index (χ0v) is 14.4. The van der Waals surface area contributed by atoms with Crippen LogP contribution in [0.4, 0.5) is 0 Å². The topological polar surface area (TPSA) is 78.9 Å². The van der Waals surface area contributed by atoms with Crippen LogP contribution < -0.4 is 4.74 Å². The first-order chi connectivity index (χ1) is 12.0. The molecule has 0 spiro atoms. The summed E-state index contributed by atoms with van der Waals surface area (Å²) in [6, 6.07) is 6.65. The number of carbonyl (C=O) groups excluding carboxylic acids is 3. The maximum absolute atomic E-state index is 11.9. The van der Waals surface area contributed by atoms with E-state index in [1.54, 1.807) is 24.3 Å². The molecule has 0 unspecified atom stereocenters. The van der Waals surface area contributed by atoms with Gasteiger partial charge in [0.15, 0.2) is 12.4 Å². The summed E-state index contributed by atoms with van der Waals surface area (Å²) in [7, 11) is 0. The van der Waals surface area contributed by atoms with Crippen molar-refractivity contribution in [1.82, 2.24) is 0 Å². The van der Waals surface area contributed by atoms with Crippen molar-refractivity contribution in [3.05, 3.63) is 48.1 Å². The van der Waals surface area contributed by atoms with E-state index in [1.807, 2.05) is 6.92 Å². The Hall–Kier alpha value is -2.89. The Kier molecular flexibility index (Phi) is 8.71. The highest BCUT2D eigenvalue weighted by Gasteiger charge is 2.15. The van der Waals surface area contributed by atoms with Gasteiger partial charge in [0, 0.05) is 0 Å². The summed E-state index contributed by atoms with van der Waals surface area (Å²) in [5.41, 5.74) is 0.488. The van der Waals surface area contributed by atoms with E-state index in [0.717, 1.165) is 6.42 Å². The molecule has 0 atom stereocenters. The molecule has 0 bridgehead atoms. The molecule has 0 heterocycles. The van der Waals surface area contributed by atoms with Crippen molar-refractivity contribution in [2.24, 2.45) is 0 Å². The molecule has 0 aliphatic carbocycles. The Morgan fingerprint density at radius 1 is 1.20 bits per heavy atom. The summed E-state index contributed by atoms with van der Waals surface area (Å²) < 4.78 is 15.2. The second-order valence-electron chi connectivity index (χ2n) is 5.08. The number of Topliss-reactive ketones (excluding diaryl/α,β-unsaturated/α-hetero) is 1. The maximum atomic E-state index is 11.9. The van der Waals surface area contributed by atoms with Crippen LogP contribution in [0.25, 0.3) is 6.08 Å². The molecule has 0 saturated carbocycles. The van der Waals surface area contributed by atoms with Crippen LogP contribution in [0.1, 0.15) is 25.8 Å². The fourth-order valence-electron chi connectivity index (χ4n) is 1.78. The highest BCUT2D eigenvalue weighted by Crippen LogP contribution is 2.17. The predicted molar refractivity (Wildman–Crippen MR) is 93.0 cm³/mol. The van der Waals surface area contributed by atoms with Crippen LogP contribution in [0.5, 0.6) is 5.75 Å². The number of ether oxygens (including phenoxy) is 3. The molecule has 0 aliphatic heterocycles. The number of hydrogen-bond acceptors (Lipinski definition) is 6. The predicted octanol–water partition coefficient (Wildman–Crippen LogP) is 2.72. The van der Waals surface area contributed by atoms with Gasteiger partial charge in [-0.2, -0.15) is 0 Å². The van der Waals surface area contributed by atoms with E-state index in [9.17, 15) is 14.4 Å². The van der Waals surface area contributed by atoms with Crippen LogP contribution in [-0.4, -0.2) is 37.5 Å². The summed E-state index contributed by atoms with van der Waals surface area (Å²) in [6.45, 7) is 6.79. The summed E-state index contributed by atoms with van der Waals surface area (Å²) >= 11 is 0. The summed E-state index contributed by atoms with van der Waals surface area (Å²) in [6.07, 6.45) is 3.57. The highest BCUT2D eigenvalue weighted by atomic mass is 16.6. The molecular formula is C19H22O6. The standard InChI is InChI=1S/C19H22O6/c1-4-9-23-18(21)13-25-16-8-6-7-15(11-16)12-17(14(3)20)19(22)24-10-5-2/h5-8,11-12H,2,4,9-10,13H2,1,3H3/b17-12+. The number of carbonyl (C=O) groups is 3. The molecule has 0 aromatic heterocycles. The molecule has 0 fully saturated rings. The highest BCUT2D eigenvalue weighted by molar-refractivity contribution is 6.19. The number of hydrogen-bond donors (Lipinski definition) is 0. The monoisotopic (exact) mass is 346 g/mol. The van der Waals surface area contributed by atoms with E-state index in [2.05, 4.69) is 6.58 Å². The number of esters is 2. The van der Waals surface area contributed by atoms with Crippen molar-refractivity contribution < 1.29 is 28.6 Å². The van der Waals surface area contributed by atoms with Gasteiger partial charge in [0.1, 0.15) is 17.9 Å². The molecule has 6 heteroatoms. The Balaban J connectivity index is 2.83. The minimum absolute atomic E-state index is 0.0203. The fourth-order valence-corrected chi connectivity index (χ4v) is 1.78. The number of benzene rings is 1. The molecule has 6 nitrogen and oxygen atoms in total. The zero-order chi connectivity index (χ0) is 18.7. The molecule has 25 heavy (non-hydrogen) atoms. The average Bonchev–Trinajstić information content (AvgIpc) is 2.60. The molecule has 134 valence electrons. The average molecular weight is 346 g/mol. The van der Waals surface area contributed by atoms with Gasteiger partial charge in [0.05, 0.1) is 6.61 Å². The molecule has 1 rings (SSSR count). The van der Waals surface area contributed by atoms with E-state index in [-0.39, 0.29) is 18.8 Å². The van der Waals surface area contributed by atoms with Crippen molar-refractivity contribution in [3.8, 4) is 5.75 Å². The third-order valence-electron chi connectivity index (χ3n) is 2.92. The lowest BCUT2D eigenvalue weighted by Crippen LogP contribution is -2.15. The van der Waals surface area contributed by atoms with Gasteiger partial charge in [-0.3, -0.25) is 4.79 Å². The van der Waals surface area contributed by atoms with Crippen molar-refractivity contribution in [1.29, 1.82) is 0 Å². The summed E-state index contributed by atoms with van der Waals surface area (Å²) in [5, 5.41) is 0. The molecule has 0 N–H and O–H groups in total. The Bertz CT molecular complexity index is 660. The lowest BCUT2D eigenvalue weighted by Gasteiger charge is -2.08. The van der Waals surface area contributed by atoms with Gasteiger partial charge in [0.25, 0.3) is 0 Å². The van der Waals surface area contributed by atoms with Crippen LogP contribution in [0.15, 0.2) is 42.5 Å². The Morgan fingerprint density at radius 2 is 1.96 bits per heavy atom. The van der Waals surface area contributed by atoms with Gasteiger partial charge in [-0.25, -0.2) is 9.59 Å². The Morgan fingerprint density at radius 3 is 2.60 bits per heavy atom. The van der Waals surface area contributed by atoms with Gasteiger partial charge in [0.2, 0.25) is 0 Å². The largest absolute Gasteiger partial charge is 0.482 e. The minimum atomic E-state index is -0.720. The van der Waals surface area contributed by atoms with Crippen LogP contribution in [0.2, 0.25) is 0 Å². The quantitative estimate of drug-likeness (QED) is 0.213. The molecule has 0 amide bonds. The number of rotatable bonds is 10. The summed E-state index contributed by atoms with van der Waals surface area (Å²) in [4.78, 5) is 35.0. The fraction of sp³-hybridized carbons (Fsp3) is 0.316. The van der Waals surface area contributed by atoms with Crippen LogP contribution >= 0.6 is 0 Å². The third kappa shape index (κ3) is 7.48. The molecule has 0 radical (unpaired) electrons. The zero-order valence-electron chi connectivity index (χ0n) is 14.4. The van der Waals surface area contributed by atoms with Crippen LogP contribution in [-0.2, 0) is 23.9 Å². The van der Waals surface area contributed by atoms with Crippen molar-refractivity contribution >= 4 is 23.8 Å². The minimum Gasteiger partial charge on any atom is -0.482 e. The molecule has 1 aromatic rings. The van der Waals surface area contributed by atoms with E-state index in [4.69, 9.17) is 14.2 Å². The summed E-state index contributed by atoms with van der Waals surface area (Å²) in [5.74, 6) is -1.17. The lowest BCUT2D eigenvalue weighted by atomic mass is 10.1. The first-order valence-corrected chi connectivity index (χ1v) is 7.87. The van der Waals surface area contributed by atoms with E-state index >= 15 is 0 Å². The maximum Gasteiger partial charge on any atom is 0.344 e. The molecule has 1 aromatic carbocycles. The molecule has 0 saturated heterocycles. The first kappa shape index (κ1) is 20.2. The number of ketones is 1. The van der Waals surface area contributed by atoms with Crippen LogP contribution in [0.3, 0.4) is 0 Å². The van der Waals surface area contributed by atoms with Crippen molar-refractivity contribution in [2.75, 3.05) is 19.8 Å². The van der Waals surface area contributed by atoms with E-state index in [1.165, 1.54) is 19.1 Å². The second-order valence-corrected chi connectivity index (χ2v) is 5.08. The lowest BCUT2D eigenvalue weighted by molar-refractivity contribution is -0.146. The van der Waals surface area contributed by atoms with Gasteiger partial charge in [-0.1, -0.05) is 31.7 Å². The van der Waals surface area contributed by atoms with Gasteiger partial charge < -0.3 is 14.2 Å². The SMILES string of the molecule is C=CCOC(=O)/C(=C/c1cccc(OCC(=O)OCCC)c1)C(C)=O. The van der Waals surface area contributed by atoms with Gasteiger partial charge >= 0.3 is 11.9 Å². The molecule has 0 aliphatic rings. The van der Waals surface area contributed by atoms with Crippen molar-refractivity contribution in [3.63, 3.8) is 0 Å². The first-order valence-electron chi connectivity index (χ1n) is 7.87. The second kappa shape index (κ2) is 10.8. The van der Waals surface area contributed by atoms with Crippen molar-refractivity contribution in [2.45, 2.75) is 20.3 Å². The van der Waals surface area contributed by atoms with Gasteiger partial charge in [-0.15, -0.1) is 0 Å². The van der Waals surface area contributed by atoms with E-state index in [0.29, 0.717) is 17.9 Å². The smallest absolute Gasteiger partial charge is 0.344 e. The van der Waals surface area contributed by atoms with E-state index < -0.39 is 17.7 Å². The van der Waals surface area contributed by atoms with Gasteiger partial charge in [-0.05, 0) is 37.1 Å².